The number of benzene rings is 1. The van der Waals surface area contributed by atoms with E-state index in [0.29, 0.717) is 6.42 Å². The van der Waals surface area contributed by atoms with Crippen molar-refractivity contribution < 1.29 is 9.53 Å². The second-order valence-electron chi connectivity index (χ2n) is 4.28. The Labute approximate surface area is 109 Å². The topological polar surface area (TPSA) is 38.3 Å². The molecule has 1 aromatic heterocycles. The molecule has 0 saturated heterocycles. The minimum Gasteiger partial charge on any atom is -0.497 e. The van der Waals surface area contributed by atoms with Gasteiger partial charge < -0.3 is 10.1 Å². The zero-order chi connectivity index (χ0) is 12.5. The number of anilines is 1. The monoisotopic (exact) mass is 259 g/mol. The first-order valence-corrected chi connectivity index (χ1v) is 6.67. The molecule has 1 atom stereocenters. The first-order chi connectivity index (χ1) is 8.78. The number of amides is 1. The molecule has 0 spiro atoms. The number of hydrogen-bond acceptors (Lipinski definition) is 3. The van der Waals surface area contributed by atoms with Gasteiger partial charge >= 0.3 is 0 Å². The van der Waals surface area contributed by atoms with Gasteiger partial charge in [-0.3, -0.25) is 4.79 Å². The standard InChI is InChI=1S/C14H13NO2S/c1-17-10-4-2-3-9(7-10)11-8-13(16)15-12-5-6-18-14(11)12/h2-7,11H,8H2,1H3,(H,15,16)/t11-/m0/s1. The maximum absolute atomic E-state index is 11.7. The maximum Gasteiger partial charge on any atom is 0.225 e. The smallest absolute Gasteiger partial charge is 0.225 e. The van der Waals surface area contributed by atoms with Gasteiger partial charge in [0.1, 0.15) is 5.75 Å². The summed E-state index contributed by atoms with van der Waals surface area (Å²) >= 11 is 1.69. The number of hydrogen-bond donors (Lipinski definition) is 1. The minimum absolute atomic E-state index is 0.0775. The molecule has 0 aliphatic carbocycles. The Kier molecular flexibility index (Phi) is 2.80. The average molecular weight is 259 g/mol. The van der Waals surface area contributed by atoms with Crippen LogP contribution in [0.3, 0.4) is 0 Å². The largest absolute Gasteiger partial charge is 0.497 e. The molecule has 0 radical (unpaired) electrons. The third-order valence-corrected chi connectivity index (χ3v) is 4.20. The van der Waals surface area contributed by atoms with Gasteiger partial charge in [0.25, 0.3) is 0 Å². The van der Waals surface area contributed by atoms with Crippen LogP contribution in [0.2, 0.25) is 0 Å². The van der Waals surface area contributed by atoms with Crippen molar-refractivity contribution in [3.8, 4) is 5.75 Å². The van der Waals surface area contributed by atoms with Crippen LogP contribution in [0.5, 0.6) is 5.75 Å². The maximum atomic E-state index is 11.7. The van der Waals surface area contributed by atoms with Crippen molar-refractivity contribution >= 4 is 22.9 Å². The molecule has 1 amide bonds. The quantitative estimate of drug-likeness (QED) is 0.899. The number of thiophene rings is 1. The average Bonchev–Trinajstić information content (AvgIpc) is 2.85. The van der Waals surface area contributed by atoms with Crippen LogP contribution in [0.15, 0.2) is 35.7 Å². The number of rotatable bonds is 2. The normalized spacial score (nSPS) is 18.1. The van der Waals surface area contributed by atoms with Gasteiger partial charge in [-0.2, -0.15) is 0 Å². The summed E-state index contributed by atoms with van der Waals surface area (Å²) in [6, 6.07) is 9.90. The lowest BCUT2D eigenvalue weighted by atomic mass is 9.90. The van der Waals surface area contributed by atoms with E-state index in [9.17, 15) is 4.79 Å². The van der Waals surface area contributed by atoms with Gasteiger partial charge in [0.05, 0.1) is 12.8 Å². The van der Waals surface area contributed by atoms with Gasteiger partial charge in [0.2, 0.25) is 5.91 Å². The molecule has 2 heterocycles. The van der Waals surface area contributed by atoms with Crippen LogP contribution in [0.1, 0.15) is 22.8 Å². The lowest BCUT2D eigenvalue weighted by molar-refractivity contribution is -0.116. The Bertz CT molecular complexity index is 591. The van der Waals surface area contributed by atoms with Crippen LogP contribution in [0, 0.1) is 0 Å². The van der Waals surface area contributed by atoms with Gasteiger partial charge in [0.15, 0.2) is 0 Å². The van der Waals surface area contributed by atoms with Crippen LogP contribution < -0.4 is 10.1 Å². The second kappa shape index (κ2) is 4.46. The Hall–Kier alpha value is -1.81. The highest BCUT2D eigenvalue weighted by Gasteiger charge is 2.27. The number of fused-ring (bicyclic) bond motifs is 1. The molecule has 1 aliphatic heterocycles. The Balaban J connectivity index is 2.04. The molecule has 0 fully saturated rings. The van der Waals surface area contributed by atoms with E-state index < -0.39 is 0 Å². The molecule has 4 heteroatoms. The Morgan fingerprint density at radius 1 is 1.39 bits per heavy atom. The fourth-order valence-corrected chi connectivity index (χ4v) is 3.28. The zero-order valence-electron chi connectivity index (χ0n) is 9.97. The van der Waals surface area contributed by atoms with Crippen LogP contribution >= 0.6 is 11.3 Å². The van der Waals surface area contributed by atoms with Crippen LogP contribution in [-0.4, -0.2) is 13.0 Å². The summed E-state index contributed by atoms with van der Waals surface area (Å²) in [5.41, 5.74) is 2.08. The molecule has 1 aromatic carbocycles. The van der Waals surface area contributed by atoms with Crippen molar-refractivity contribution in [2.24, 2.45) is 0 Å². The molecule has 1 aliphatic rings. The molecule has 1 N–H and O–H groups in total. The van der Waals surface area contributed by atoms with Crippen molar-refractivity contribution in [1.29, 1.82) is 0 Å². The SMILES string of the molecule is COc1cccc([C@@H]2CC(=O)Nc3ccsc32)c1. The van der Waals surface area contributed by atoms with Crippen LogP contribution in [0.25, 0.3) is 0 Å². The van der Waals surface area contributed by atoms with Crippen molar-refractivity contribution in [3.05, 3.63) is 46.2 Å². The number of carbonyl (C=O) groups excluding carboxylic acids is 1. The van der Waals surface area contributed by atoms with Crippen molar-refractivity contribution in [3.63, 3.8) is 0 Å². The zero-order valence-corrected chi connectivity index (χ0v) is 10.8. The van der Waals surface area contributed by atoms with Gasteiger partial charge in [-0.25, -0.2) is 0 Å². The van der Waals surface area contributed by atoms with Crippen molar-refractivity contribution in [2.75, 3.05) is 12.4 Å². The lowest BCUT2D eigenvalue weighted by Crippen LogP contribution is -2.21. The van der Waals surface area contributed by atoms with Crippen molar-refractivity contribution in [2.45, 2.75) is 12.3 Å². The summed E-state index contributed by atoms with van der Waals surface area (Å²) in [6.07, 6.45) is 0.501. The van der Waals surface area contributed by atoms with Crippen LogP contribution in [0.4, 0.5) is 5.69 Å². The summed E-state index contributed by atoms with van der Waals surface area (Å²) < 4.78 is 5.24. The van der Waals surface area contributed by atoms with E-state index in [0.717, 1.165) is 17.0 Å². The Morgan fingerprint density at radius 2 is 2.28 bits per heavy atom. The lowest BCUT2D eigenvalue weighted by Gasteiger charge is -2.23. The van der Waals surface area contributed by atoms with Crippen LogP contribution in [-0.2, 0) is 4.79 Å². The molecule has 3 rings (SSSR count). The van der Waals surface area contributed by atoms with E-state index in [1.807, 2.05) is 29.6 Å². The summed E-state index contributed by atoms with van der Waals surface area (Å²) in [4.78, 5) is 12.9. The van der Waals surface area contributed by atoms with Gasteiger partial charge in [0, 0.05) is 17.2 Å². The van der Waals surface area contributed by atoms with Gasteiger partial charge in [-0.1, -0.05) is 12.1 Å². The number of carbonyl (C=O) groups is 1. The van der Waals surface area contributed by atoms with Gasteiger partial charge in [-0.05, 0) is 29.1 Å². The van der Waals surface area contributed by atoms with E-state index in [2.05, 4.69) is 11.4 Å². The molecular weight excluding hydrogens is 246 g/mol. The molecule has 92 valence electrons. The van der Waals surface area contributed by atoms with E-state index in [4.69, 9.17) is 4.74 Å². The molecular formula is C14H13NO2S. The first kappa shape index (κ1) is 11.3. The van der Waals surface area contributed by atoms with Gasteiger partial charge in [-0.15, -0.1) is 11.3 Å². The Morgan fingerprint density at radius 3 is 3.11 bits per heavy atom. The first-order valence-electron chi connectivity index (χ1n) is 5.79. The molecule has 0 bridgehead atoms. The third-order valence-electron chi connectivity index (χ3n) is 3.17. The molecule has 18 heavy (non-hydrogen) atoms. The molecule has 3 nitrogen and oxygen atoms in total. The van der Waals surface area contributed by atoms with E-state index >= 15 is 0 Å². The highest BCUT2D eigenvalue weighted by Crippen LogP contribution is 2.41. The predicted octanol–water partition coefficient (Wildman–Crippen LogP) is 3.23. The number of methoxy groups -OCH3 is 1. The predicted molar refractivity (Wildman–Crippen MR) is 72.4 cm³/mol. The van der Waals surface area contributed by atoms with Crippen molar-refractivity contribution in [1.82, 2.24) is 0 Å². The number of ether oxygens (including phenoxy) is 1. The highest BCUT2D eigenvalue weighted by molar-refractivity contribution is 7.10. The summed E-state index contributed by atoms with van der Waals surface area (Å²) in [7, 11) is 1.66. The van der Waals surface area contributed by atoms with E-state index in [1.54, 1.807) is 18.4 Å². The fourth-order valence-electron chi connectivity index (χ4n) is 2.30. The second-order valence-corrected chi connectivity index (χ2v) is 5.23. The van der Waals surface area contributed by atoms with E-state index in [-0.39, 0.29) is 11.8 Å². The number of nitrogens with one attached hydrogen (secondary N) is 1. The molecule has 2 aromatic rings. The fraction of sp³-hybridized carbons (Fsp3) is 0.214. The summed E-state index contributed by atoms with van der Waals surface area (Å²) in [6.45, 7) is 0. The molecule has 0 unspecified atom stereocenters. The highest BCUT2D eigenvalue weighted by atomic mass is 32.1. The minimum atomic E-state index is 0.0775. The summed E-state index contributed by atoms with van der Waals surface area (Å²) in [5.74, 6) is 1.05. The molecule has 0 saturated carbocycles. The summed E-state index contributed by atoms with van der Waals surface area (Å²) in [5, 5.41) is 4.93. The van der Waals surface area contributed by atoms with E-state index in [1.165, 1.54) is 4.88 Å². The third kappa shape index (κ3) is 1.88.